The molecule has 1 saturated carbocycles. The summed E-state index contributed by atoms with van der Waals surface area (Å²) < 4.78 is 6.76. The SMILES string of the molecule is CN(C)C(=O)c1ccccc1-c1ccc(C(=O)N(C2CC2)C2CCc3nn(C(=O)OC(C)(C)C)cc3C2)cc1. The van der Waals surface area contributed by atoms with Crippen molar-refractivity contribution in [2.75, 3.05) is 14.1 Å². The van der Waals surface area contributed by atoms with E-state index in [1.807, 2.05) is 74.2 Å². The van der Waals surface area contributed by atoms with Crippen molar-refractivity contribution in [3.63, 3.8) is 0 Å². The summed E-state index contributed by atoms with van der Waals surface area (Å²) in [5.74, 6) is -0.0352. The Bertz CT molecular complexity index is 1400. The highest BCUT2D eigenvalue weighted by Crippen LogP contribution is 2.35. The van der Waals surface area contributed by atoms with E-state index in [0.717, 1.165) is 41.6 Å². The molecule has 1 fully saturated rings. The minimum absolute atomic E-state index is 0.0229. The molecule has 0 radical (unpaired) electrons. The van der Waals surface area contributed by atoms with Crippen molar-refractivity contribution in [3.8, 4) is 11.1 Å². The number of hydrogen-bond donors (Lipinski definition) is 0. The van der Waals surface area contributed by atoms with Crippen molar-refractivity contribution in [2.24, 2.45) is 0 Å². The molecule has 3 aromatic rings. The largest absolute Gasteiger partial charge is 0.442 e. The highest BCUT2D eigenvalue weighted by atomic mass is 16.6. The molecule has 2 aliphatic rings. The molecule has 0 aliphatic heterocycles. The van der Waals surface area contributed by atoms with Gasteiger partial charge in [0.15, 0.2) is 0 Å². The van der Waals surface area contributed by atoms with E-state index >= 15 is 0 Å². The minimum atomic E-state index is -0.596. The summed E-state index contributed by atoms with van der Waals surface area (Å²) in [7, 11) is 3.48. The first-order valence-corrected chi connectivity index (χ1v) is 13.6. The Hall–Kier alpha value is -3.94. The van der Waals surface area contributed by atoms with E-state index < -0.39 is 11.7 Å². The minimum Gasteiger partial charge on any atom is -0.442 e. The molecule has 8 heteroatoms. The molecule has 39 heavy (non-hydrogen) atoms. The molecule has 0 spiro atoms. The van der Waals surface area contributed by atoms with Crippen LogP contribution in [0.2, 0.25) is 0 Å². The van der Waals surface area contributed by atoms with Gasteiger partial charge in [-0.1, -0.05) is 30.3 Å². The summed E-state index contributed by atoms with van der Waals surface area (Å²) in [4.78, 5) is 42.6. The van der Waals surface area contributed by atoms with Gasteiger partial charge in [-0.05, 0) is 87.8 Å². The van der Waals surface area contributed by atoms with Crippen LogP contribution in [0.25, 0.3) is 11.1 Å². The quantitative estimate of drug-likeness (QED) is 0.455. The topological polar surface area (TPSA) is 84.7 Å². The fourth-order valence-corrected chi connectivity index (χ4v) is 5.21. The van der Waals surface area contributed by atoms with E-state index in [0.29, 0.717) is 24.0 Å². The summed E-state index contributed by atoms with van der Waals surface area (Å²) in [6.07, 6.45) is 5.46. The molecule has 1 unspecified atom stereocenters. The van der Waals surface area contributed by atoms with Crippen LogP contribution >= 0.6 is 0 Å². The van der Waals surface area contributed by atoms with Crippen LogP contribution in [0, 0.1) is 0 Å². The van der Waals surface area contributed by atoms with Crippen molar-refractivity contribution in [2.45, 2.75) is 70.6 Å². The number of ether oxygens (including phenoxy) is 1. The third kappa shape index (κ3) is 5.75. The van der Waals surface area contributed by atoms with E-state index in [-0.39, 0.29) is 23.9 Å². The van der Waals surface area contributed by atoms with Gasteiger partial charge in [0, 0.05) is 43.5 Å². The van der Waals surface area contributed by atoms with Gasteiger partial charge >= 0.3 is 6.09 Å². The van der Waals surface area contributed by atoms with Crippen LogP contribution in [-0.2, 0) is 17.6 Å². The Morgan fingerprint density at radius 3 is 2.26 bits per heavy atom. The number of aromatic nitrogens is 2. The zero-order valence-corrected chi connectivity index (χ0v) is 23.3. The predicted molar refractivity (Wildman–Crippen MR) is 149 cm³/mol. The first-order valence-electron chi connectivity index (χ1n) is 13.6. The molecular weight excluding hydrogens is 492 g/mol. The van der Waals surface area contributed by atoms with Crippen molar-refractivity contribution >= 4 is 17.9 Å². The van der Waals surface area contributed by atoms with Gasteiger partial charge in [0.25, 0.3) is 11.8 Å². The molecule has 2 aliphatic carbocycles. The molecule has 0 N–H and O–H groups in total. The predicted octanol–water partition coefficient (Wildman–Crippen LogP) is 5.20. The fourth-order valence-electron chi connectivity index (χ4n) is 5.21. The van der Waals surface area contributed by atoms with Crippen LogP contribution in [0.4, 0.5) is 4.79 Å². The van der Waals surface area contributed by atoms with Crippen LogP contribution in [0.3, 0.4) is 0 Å². The van der Waals surface area contributed by atoms with Gasteiger partial charge in [-0.2, -0.15) is 9.78 Å². The molecule has 1 heterocycles. The third-order valence-electron chi connectivity index (χ3n) is 7.20. The van der Waals surface area contributed by atoms with Gasteiger partial charge in [-0.3, -0.25) is 9.59 Å². The molecule has 2 aromatic carbocycles. The van der Waals surface area contributed by atoms with E-state index in [9.17, 15) is 14.4 Å². The third-order valence-corrected chi connectivity index (χ3v) is 7.20. The zero-order chi connectivity index (χ0) is 27.9. The lowest BCUT2D eigenvalue weighted by atomic mass is 9.91. The lowest BCUT2D eigenvalue weighted by molar-refractivity contribution is 0.0513. The molecular formula is C31H36N4O4. The average Bonchev–Trinajstić information content (AvgIpc) is 3.64. The molecule has 2 amide bonds. The number of aryl methyl sites for hydroxylation is 1. The second-order valence-electron chi connectivity index (χ2n) is 11.7. The van der Waals surface area contributed by atoms with Gasteiger partial charge < -0.3 is 14.5 Å². The highest BCUT2D eigenvalue weighted by Gasteiger charge is 2.39. The van der Waals surface area contributed by atoms with E-state index in [1.54, 1.807) is 25.2 Å². The number of benzene rings is 2. The number of hydrogen-bond acceptors (Lipinski definition) is 5. The number of rotatable bonds is 5. The number of carbonyl (C=O) groups excluding carboxylic acids is 3. The van der Waals surface area contributed by atoms with Crippen LogP contribution in [0.1, 0.15) is 72.0 Å². The van der Waals surface area contributed by atoms with Gasteiger partial charge in [-0.25, -0.2) is 4.79 Å². The first-order chi connectivity index (χ1) is 18.5. The Kier molecular flexibility index (Phi) is 7.05. The second-order valence-corrected chi connectivity index (χ2v) is 11.7. The Morgan fingerprint density at radius 1 is 0.923 bits per heavy atom. The van der Waals surface area contributed by atoms with Gasteiger partial charge in [0.05, 0.1) is 5.69 Å². The maximum atomic E-state index is 13.8. The second kappa shape index (κ2) is 10.3. The number of fused-ring (bicyclic) bond motifs is 1. The standard InChI is InChI=1S/C31H36N4O4/c1-31(2,3)39-30(38)34-19-22-18-24(16-17-27(22)32-34)35(23-14-15-23)28(36)21-12-10-20(11-13-21)25-8-6-7-9-26(25)29(37)33(4)5/h6-13,19,23-24H,14-18H2,1-5H3. The van der Waals surface area contributed by atoms with Gasteiger partial charge in [0.1, 0.15) is 5.60 Å². The van der Waals surface area contributed by atoms with Crippen LogP contribution in [-0.4, -0.2) is 69.3 Å². The molecule has 5 rings (SSSR count). The van der Waals surface area contributed by atoms with E-state index in [4.69, 9.17) is 4.74 Å². The van der Waals surface area contributed by atoms with Crippen molar-refractivity contribution < 1.29 is 19.1 Å². The zero-order valence-electron chi connectivity index (χ0n) is 23.3. The van der Waals surface area contributed by atoms with Crippen molar-refractivity contribution in [1.29, 1.82) is 0 Å². The fraction of sp³-hybridized carbons (Fsp3) is 0.419. The normalized spacial score (nSPS) is 16.8. The van der Waals surface area contributed by atoms with Crippen LogP contribution < -0.4 is 0 Å². The summed E-state index contributed by atoms with van der Waals surface area (Å²) in [6.45, 7) is 5.49. The molecule has 1 aromatic heterocycles. The van der Waals surface area contributed by atoms with E-state index in [2.05, 4.69) is 5.10 Å². The Labute approximate surface area is 229 Å². The van der Waals surface area contributed by atoms with E-state index in [1.165, 1.54) is 4.68 Å². The Morgan fingerprint density at radius 2 is 1.62 bits per heavy atom. The van der Waals surface area contributed by atoms with Crippen molar-refractivity contribution in [1.82, 2.24) is 19.6 Å². The molecule has 0 bridgehead atoms. The highest BCUT2D eigenvalue weighted by molar-refractivity contribution is 6.01. The van der Waals surface area contributed by atoms with Gasteiger partial charge in [0.2, 0.25) is 0 Å². The van der Waals surface area contributed by atoms with Gasteiger partial charge in [-0.15, -0.1) is 0 Å². The summed E-state index contributed by atoms with van der Waals surface area (Å²) in [6, 6.07) is 15.4. The molecule has 0 saturated heterocycles. The van der Waals surface area contributed by atoms with Crippen molar-refractivity contribution in [3.05, 3.63) is 77.1 Å². The Balaban J connectivity index is 1.34. The first kappa shape index (κ1) is 26.7. The smallest absolute Gasteiger partial charge is 0.435 e. The average molecular weight is 529 g/mol. The van der Waals surface area contributed by atoms with Crippen LogP contribution in [0.5, 0.6) is 0 Å². The monoisotopic (exact) mass is 528 g/mol. The summed E-state index contributed by atoms with van der Waals surface area (Å²) >= 11 is 0. The summed E-state index contributed by atoms with van der Waals surface area (Å²) in [5, 5.41) is 4.47. The maximum absolute atomic E-state index is 13.8. The molecule has 1 atom stereocenters. The number of amides is 2. The van der Waals surface area contributed by atoms with Crippen LogP contribution in [0.15, 0.2) is 54.7 Å². The molecule has 8 nitrogen and oxygen atoms in total. The molecule has 204 valence electrons. The number of carbonyl (C=O) groups is 3. The number of nitrogens with zero attached hydrogens (tertiary/aromatic N) is 4. The lowest BCUT2D eigenvalue weighted by Gasteiger charge is -2.34. The maximum Gasteiger partial charge on any atom is 0.435 e. The lowest BCUT2D eigenvalue weighted by Crippen LogP contribution is -2.44. The summed E-state index contributed by atoms with van der Waals surface area (Å²) in [5.41, 5.74) is 4.30.